The fraction of sp³-hybridized carbons (Fsp3) is 0. The van der Waals surface area contributed by atoms with Gasteiger partial charge in [-0.1, -0.05) is 12.1 Å². The molecule has 1 heterocycles. The molecule has 0 saturated heterocycles. The molecule has 0 aliphatic rings. The number of aromatic nitrogens is 3. The molecule has 3 aromatic rings. The van der Waals surface area contributed by atoms with Crippen LogP contribution in [-0.2, 0) is 0 Å². The van der Waals surface area contributed by atoms with Gasteiger partial charge >= 0.3 is 0 Å². The standard InChI is InChI=1S/C13H9N5O2/c19-18(20)11-3-1-2-9(6-11)8-14-10-4-5-12-13(7-10)16-17-15-12/h1-8H,(H,15,16,17). The van der Waals surface area contributed by atoms with E-state index in [2.05, 4.69) is 20.4 Å². The normalized spacial score (nSPS) is 11.2. The zero-order valence-corrected chi connectivity index (χ0v) is 10.2. The van der Waals surface area contributed by atoms with E-state index < -0.39 is 4.92 Å². The predicted octanol–water partition coefficient (Wildman–Crippen LogP) is 2.62. The zero-order chi connectivity index (χ0) is 13.9. The third-order valence-electron chi connectivity index (χ3n) is 2.74. The molecule has 7 heteroatoms. The second kappa shape index (κ2) is 4.88. The molecule has 0 unspecified atom stereocenters. The first kappa shape index (κ1) is 12.0. The zero-order valence-electron chi connectivity index (χ0n) is 10.2. The van der Waals surface area contributed by atoms with Crippen molar-refractivity contribution in [3.63, 3.8) is 0 Å². The number of fused-ring (bicyclic) bond motifs is 1. The van der Waals surface area contributed by atoms with Crippen LogP contribution in [-0.4, -0.2) is 26.5 Å². The van der Waals surface area contributed by atoms with E-state index in [1.807, 2.05) is 0 Å². The maximum atomic E-state index is 10.7. The topological polar surface area (TPSA) is 97.1 Å². The van der Waals surface area contributed by atoms with Gasteiger partial charge in [0.1, 0.15) is 11.0 Å². The molecule has 0 amide bonds. The molecule has 98 valence electrons. The Kier molecular flexibility index (Phi) is 2.92. The Hall–Kier alpha value is -3.09. The largest absolute Gasteiger partial charge is 0.270 e. The summed E-state index contributed by atoms with van der Waals surface area (Å²) in [5, 5.41) is 21.1. The molecule has 0 saturated carbocycles. The first-order chi connectivity index (χ1) is 9.72. The van der Waals surface area contributed by atoms with Crippen LogP contribution >= 0.6 is 0 Å². The number of nitrogens with zero attached hydrogens (tertiary/aromatic N) is 4. The molecule has 0 atom stereocenters. The second-order valence-electron chi connectivity index (χ2n) is 4.11. The molecule has 20 heavy (non-hydrogen) atoms. The van der Waals surface area contributed by atoms with Crippen LogP contribution in [0.1, 0.15) is 5.56 Å². The van der Waals surface area contributed by atoms with Crippen molar-refractivity contribution in [3.8, 4) is 0 Å². The molecule has 0 bridgehead atoms. The number of nitrogens with one attached hydrogen (secondary N) is 1. The van der Waals surface area contributed by atoms with Crippen molar-refractivity contribution < 1.29 is 4.92 Å². The molecule has 1 N–H and O–H groups in total. The molecule has 1 aromatic heterocycles. The van der Waals surface area contributed by atoms with Crippen LogP contribution in [0.5, 0.6) is 0 Å². The summed E-state index contributed by atoms with van der Waals surface area (Å²) >= 11 is 0. The highest BCUT2D eigenvalue weighted by molar-refractivity contribution is 5.84. The molecule has 7 nitrogen and oxygen atoms in total. The summed E-state index contributed by atoms with van der Waals surface area (Å²) in [6.07, 6.45) is 1.58. The van der Waals surface area contributed by atoms with Gasteiger partial charge in [-0.05, 0) is 23.8 Å². The smallest absolute Gasteiger partial charge is 0.258 e. The van der Waals surface area contributed by atoms with E-state index in [0.29, 0.717) is 11.3 Å². The lowest BCUT2D eigenvalue weighted by Gasteiger charge is -1.95. The van der Waals surface area contributed by atoms with Crippen molar-refractivity contribution in [1.82, 2.24) is 15.4 Å². The number of non-ortho nitro benzene ring substituents is 1. The van der Waals surface area contributed by atoms with Crippen molar-refractivity contribution in [2.24, 2.45) is 4.99 Å². The summed E-state index contributed by atoms with van der Waals surface area (Å²) in [4.78, 5) is 14.5. The second-order valence-corrected chi connectivity index (χ2v) is 4.11. The maximum absolute atomic E-state index is 10.7. The molecule has 2 aromatic carbocycles. The van der Waals surface area contributed by atoms with Gasteiger partial charge in [0.05, 0.1) is 10.6 Å². The first-order valence-corrected chi connectivity index (χ1v) is 5.81. The first-order valence-electron chi connectivity index (χ1n) is 5.81. The number of nitro groups is 1. The van der Waals surface area contributed by atoms with Crippen LogP contribution in [0, 0.1) is 10.1 Å². The Morgan fingerprint density at radius 2 is 2.00 bits per heavy atom. The van der Waals surface area contributed by atoms with Crippen molar-refractivity contribution in [2.75, 3.05) is 0 Å². The number of aromatic amines is 1. The molecule has 0 aliphatic heterocycles. The SMILES string of the molecule is O=[N+]([O-])c1cccc(C=Nc2ccc3n[nH]nc3c2)c1. The molecular formula is C13H9N5O2. The lowest BCUT2D eigenvalue weighted by Crippen LogP contribution is -1.89. The number of H-pyrrole nitrogens is 1. The highest BCUT2D eigenvalue weighted by Crippen LogP contribution is 2.18. The van der Waals surface area contributed by atoms with Crippen LogP contribution in [0.25, 0.3) is 11.0 Å². The fourth-order valence-electron chi connectivity index (χ4n) is 1.78. The molecule has 0 aliphatic carbocycles. The summed E-state index contributed by atoms with van der Waals surface area (Å²) in [6.45, 7) is 0. The van der Waals surface area contributed by atoms with Crippen LogP contribution < -0.4 is 0 Å². The van der Waals surface area contributed by atoms with Gasteiger partial charge in [0.2, 0.25) is 0 Å². The minimum Gasteiger partial charge on any atom is -0.258 e. The van der Waals surface area contributed by atoms with Gasteiger partial charge in [-0.15, -0.1) is 0 Å². The Labute approximate surface area is 113 Å². The van der Waals surface area contributed by atoms with Gasteiger partial charge in [-0.25, -0.2) is 0 Å². The Bertz CT molecular complexity index is 809. The number of benzene rings is 2. The van der Waals surface area contributed by atoms with Gasteiger partial charge in [0.25, 0.3) is 5.69 Å². The Balaban J connectivity index is 1.89. The quantitative estimate of drug-likeness (QED) is 0.448. The van der Waals surface area contributed by atoms with E-state index in [1.165, 1.54) is 12.1 Å². The number of rotatable bonds is 3. The van der Waals surface area contributed by atoms with Crippen molar-refractivity contribution in [3.05, 3.63) is 58.1 Å². The average Bonchev–Trinajstić information content (AvgIpc) is 2.93. The lowest BCUT2D eigenvalue weighted by atomic mass is 10.2. The fourth-order valence-corrected chi connectivity index (χ4v) is 1.78. The van der Waals surface area contributed by atoms with Gasteiger partial charge in [-0.3, -0.25) is 15.1 Å². The number of hydrogen-bond acceptors (Lipinski definition) is 5. The van der Waals surface area contributed by atoms with E-state index in [4.69, 9.17) is 0 Å². The number of nitro benzene ring substituents is 1. The van der Waals surface area contributed by atoms with Gasteiger partial charge in [0, 0.05) is 18.3 Å². The average molecular weight is 267 g/mol. The van der Waals surface area contributed by atoms with Crippen LogP contribution in [0.3, 0.4) is 0 Å². The summed E-state index contributed by atoms with van der Waals surface area (Å²) in [7, 11) is 0. The molecular weight excluding hydrogens is 258 g/mol. The number of hydrogen-bond donors (Lipinski definition) is 1. The third-order valence-corrected chi connectivity index (χ3v) is 2.74. The van der Waals surface area contributed by atoms with E-state index in [-0.39, 0.29) is 5.69 Å². The molecule has 0 fully saturated rings. The lowest BCUT2D eigenvalue weighted by molar-refractivity contribution is -0.384. The molecule has 3 rings (SSSR count). The summed E-state index contributed by atoms with van der Waals surface area (Å²) in [5.74, 6) is 0. The monoisotopic (exact) mass is 267 g/mol. The van der Waals surface area contributed by atoms with Crippen molar-refractivity contribution in [2.45, 2.75) is 0 Å². The van der Waals surface area contributed by atoms with Crippen LogP contribution in [0.15, 0.2) is 47.5 Å². The summed E-state index contributed by atoms with van der Waals surface area (Å²) in [5.41, 5.74) is 2.90. The Morgan fingerprint density at radius 3 is 2.85 bits per heavy atom. The summed E-state index contributed by atoms with van der Waals surface area (Å²) in [6, 6.07) is 11.7. The van der Waals surface area contributed by atoms with Gasteiger partial charge < -0.3 is 0 Å². The van der Waals surface area contributed by atoms with Crippen molar-refractivity contribution >= 4 is 28.6 Å². The van der Waals surface area contributed by atoms with Crippen LogP contribution in [0.2, 0.25) is 0 Å². The third kappa shape index (κ3) is 2.37. The van der Waals surface area contributed by atoms with E-state index in [0.717, 1.165) is 11.0 Å². The molecule has 0 radical (unpaired) electrons. The van der Waals surface area contributed by atoms with Crippen LogP contribution in [0.4, 0.5) is 11.4 Å². The van der Waals surface area contributed by atoms with Crippen molar-refractivity contribution in [1.29, 1.82) is 0 Å². The van der Waals surface area contributed by atoms with E-state index >= 15 is 0 Å². The van der Waals surface area contributed by atoms with E-state index in [1.54, 1.807) is 36.5 Å². The summed E-state index contributed by atoms with van der Waals surface area (Å²) < 4.78 is 0. The maximum Gasteiger partial charge on any atom is 0.270 e. The minimum atomic E-state index is -0.432. The number of aliphatic imine (C=N–C) groups is 1. The highest BCUT2D eigenvalue weighted by atomic mass is 16.6. The molecule has 0 spiro atoms. The van der Waals surface area contributed by atoms with Gasteiger partial charge in [-0.2, -0.15) is 15.4 Å². The Morgan fingerprint density at radius 1 is 1.15 bits per heavy atom. The minimum absolute atomic E-state index is 0.0425. The predicted molar refractivity (Wildman–Crippen MR) is 74.2 cm³/mol. The highest BCUT2D eigenvalue weighted by Gasteiger charge is 2.04. The van der Waals surface area contributed by atoms with E-state index in [9.17, 15) is 10.1 Å². The van der Waals surface area contributed by atoms with Gasteiger partial charge in [0.15, 0.2) is 0 Å².